The first-order chi connectivity index (χ1) is 9.20. The van der Waals surface area contributed by atoms with Crippen LogP contribution in [0.4, 0.5) is 0 Å². The fourth-order valence-electron chi connectivity index (χ4n) is 3.94. The molecule has 1 aliphatic carbocycles. The summed E-state index contributed by atoms with van der Waals surface area (Å²) in [6.45, 7) is 10.3. The lowest BCUT2D eigenvalue weighted by Gasteiger charge is -2.20. The fourth-order valence-corrected chi connectivity index (χ4v) is 3.94. The van der Waals surface area contributed by atoms with Crippen LogP contribution in [0.15, 0.2) is 4.52 Å². The lowest BCUT2D eigenvalue weighted by Crippen LogP contribution is -2.30. The highest BCUT2D eigenvalue weighted by Crippen LogP contribution is 2.38. The van der Waals surface area contributed by atoms with E-state index < -0.39 is 0 Å². The number of hydrogen-bond donors (Lipinski definition) is 0. The lowest BCUT2D eigenvalue weighted by molar-refractivity contribution is 0.244. The third-order valence-electron chi connectivity index (χ3n) is 5.22. The minimum atomic E-state index is 0.904. The molecular formula is C15H23N3O. The Morgan fingerprint density at radius 2 is 1.79 bits per heavy atom. The lowest BCUT2D eigenvalue weighted by atomic mass is 10.0. The van der Waals surface area contributed by atoms with E-state index in [2.05, 4.69) is 21.9 Å². The third-order valence-corrected chi connectivity index (χ3v) is 5.22. The van der Waals surface area contributed by atoms with Gasteiger partial charge in [-0.1, -0.05) is 5.16 Å². The van der Waals surface area contributed by atoms with E-state index in [4.69, 9.17) is 4.52 Å². The Morgan fingerprint density at radius 1 is 1.11 bits per heavy atom. The summed E-state index contributed by atoms with van der Waals surface area (Å²) >= 11 is 0. The van der Waals surface area contributed by atoms with Crippen molar-refractivity contribution < 1.29 is 4.52 Å². The second-order valence-electron chi connectivity index (χ2n) is 6.70. The highest BCUT2D eigenvalue weighted by Gasteiger charge is 2.44. The number of rotatable bonds is 3. The van der Waals surface area contributed by atoms with E-state index in [0.29, 0.717) is 0 Å². The van der Waals surface area contributed by atoms with E-state index in [-0.39, 0.29) is 0 Å². The smallest absolute Gasteiger partial charge is 0.138 e. The van der Waals surface area contributed by atoms with Gasteiger partial charge in [0.25, 0.3) is 0 Å². The van der Waals surface area contributed by atoms with Crippen molar-refractivity contribution >= 4 is 0 Å². The Labute approximate surface area is 114 Å². The van der Waals surface area contributed by atoms with Crippen LogP contribution in [0.3, 0.4) is 0 Å². The number of fused-ring (bicyclic) bond motifs is 1. The Bertz CT molecular complexity index is 446. The molecule has 4 heteroatoms. The molecule has 1 aromatic rings. The van der Waals surface area contributed by atoms with Gasteiger partial charge in [-0.15, -0.1) is 0 Å². The molecule has 2 aliphatic heterocycles. The Morgan fingerprint density at radius 3 is 2.32 bits per heavy atom. The molecule has 3 fully saturated rings. The number of nitrogens with zero attached hydrogens (tertiary/aromatic N) is 3. The van der Waals surface area contributed by atoms with E-state index in [1.807, 2.05) is 6.92 Å². The molecule has 1 aromatic heterocycles. The van der Waals surface area contributed by atoms with Gasteiger partial charge in [-0.3, -0.25) is 9.80 Å². The molecule has 4 rings (SSSR count). The maximum absolute atomic E-state index is 5.27. The molecule has 1 saturated carbocycles. The van der Waals surface area contributed by atoms with Gasteiger partial charge in [0.2, 0.25) is 0 Å². The zero-order chi connectivity index (χ0) is 13.0. The molecule has 0 aromatic carbocycles. The molecule has 2 saturated heterocycles. The predicted molar refractivity (Wildman–Crippen MR) is 72.8 cm³/mol. The average Bonchev–Trinajstić information content (AvgIpc) is 2.96. The van der Waals surface area contributed by atoms with Gasteiger partial charge in [-0.25, -0.2) is 0 Å². The highest BCUT2D eigenvalue weighted by molar-refractivity contribution is 5.20. The van der Waals surface area contributed by atoms with Crippen molar-refractivity contribution in [3.8, 4) is 0 Å². The minimum absolute atomic E-state index is 0.904. The van der Waals surface area contributed by atoms with Crippen LogP contribution >= 0.6 is 0 Å². The molecule has 0 radical (unpaired) electrons. The Balaban J connectivity index is 1.39. The molecule has 3 aliphatic rings. The molecule has 3 heterocycles. The first kappa shape index (κ1) is 11.9. The number of aryl methyl sites for hydroxylation is 2. The van der Waals surface area contributed by atoms with E-state index in [1.54, 1.807) is 0 Å². The minimum Gasteiger partial charge on any atom is -0.361 e. The predicted octanol–water partition coefficient (Wildman–Crippen LogP) is 1.82. The molecule has 4 nitrogen and oxygen atoms in total. The van der Waals surface area contributed by atoms with Crippen molar-refractivity contribution in [2.75, 3.05) is 26.2 Å². The van der Waals surface area contributed by atoms with Crippen LogP contribution in [0.25, 0.3) is 0 Å². The standard InChI is InChI=1S/C15H23N3O/c1-10-15(11(2)19-16-10)9-17-5-12-7-18(14-3-4-14)8-13(12)6-17/h12-14H,3-9H2,1-2H3. The van der Waals surface area contributed by atoms with E-state index in [9.17, 15) is 0 Å². The molecule has 0 amide bonds. The summed E-state index contributed by atoms with van der Waals surface area (Å²) in [5.74, 6) is 2.80. The molecule has 0 bridgehead atoms. The normalized spacial score (nSPS) is 32.1. The molecule has 0 spiro atoms. The summed E-state index contributed by atoms with van der Waals surface area (Å²) in [4.78, 5) is 5.34. The van der Waals surface area contributed by atoms with Crippen molar-refractivity contribution in [3.63, 3.8) is 0 Å². The van der Waals surface area contributed by atoms with Crippen LogP contribution < -0.4 is 0 Å². The third kappa shape index (κ3) is 2.11. The van der Waals surface area contributed by atoms with Gasteiger partial charge in [-0.05, 0) is 38.5 Å². The van der Waals surface area contributed by atoms with Crippen LogP contribution in [-0.4, -0.2) is 47.2 Å². The second kappa shape index (κ2) is 4.32. The summed E-state index contributed by atoms with van der Waals surface area (Å²) in [5, 5.41) is 4.06. The zero-order valence-electron chi connectivity index (χ0n) is 11.9. The first-order valence-corrected chi connectivity index (χ1v) is 7.59. The molecule has 2 unspecified atom stereocenters. The largest absolute Gasteiger partial charge is 0.361 e. The number of likely N-dealkylation sites (tertiary alicyclic amines) is 2. The van der Waals surface area contributed by atoms with Crippen LogP contribution in [0.1, 0.15) is 29.9 Å². The highest BCUT2D eigenvalue weighted by atomic mass is 16.5. The fraction of sp³-hybridized carbons (Fsp3) is 0.800. The van der Waals surface area contributed by atoms with Gasteiger partial charge in [0, 0.05) is 44.3 Å². The molecule has 0 N–H and O–H groups in total. The van der Waals surface area contributed by atoms with Crippen molar-refractivity contribution in [3.05, 3.63) is 17.0 Å². The molecule has 2 atom stereocenters. The quantitative estimate of drug-likeness (QED) is 0.831. The van der Waals surface area contributed by atoms with Crippen molar-refractivity contribution in [1.29, 1.82) is 0 Å². The first-order valence-electron chi connectivity index (χ1n) is 7.59. The summed E-state index contributed by atoms with van der Waals surface area (Å²) in [6, 6.07) is 0.946. The van der Waals surface area contributed by atoms with Gasteiger partial charge >= 0.3 is 0 Å². The van der Waals surface area contributed by atoms with Gasteiger partial charge in [0.15, 0.2) is 0 Å². The average molecular weight is 261 g/mol. The van der Waals surface area contributed by atoms with Gasteiger partial charge < -0.3 is 4.52 Å². The number of hydrogen-bond acceptors (Lipinski definition) is 4. The van der Waals surface area contributed by atoms with Crippen LogP contribution in [0, 0.1) is 25.7 Å². The zero-order valence-corrected chi connectivity index (χ0v) is 11.9. The summed E-state index contributed by atoms with van der Waals surface area (Å²) < 4.78 is 5.27. The Kier molecular flexibility index (Phi) is 2.71. The monoisotopic (exact) mass is 261 g/mol. The number of aromatic nitrogens is 1. The molecule has 104 valence electrons. The summed E-state index contributed by atoms with van der Waals surface area (Å²) in [6.07, 6.45) is 2.89. The van der Waals surface area contributed by atoms with E-state index >= 15 is 0 Å². The second-order valence-corrected chi connectivity index (χ2v) is 6.70. The van der Waals surface area contributed by atoms with Crippen LogP contribution in [-0.2, 0) is 6.54 Å². The molecule has 19 heavy (non-hydrogen) atoms. The topological polar surface area (TPSA) is 32.5 Å². The Hall–Kier alpha value is -0.870. The van der Waals surface area contributed by atoms with Gasteiger partial charge in [0.1, 0.15) is 5.76 Å². The molecular weight excluding hydrogens is 238 g/mol. The van der Waals surface area contributed by atoms with Crippen molar-refractivity contribution in [2.45, 2.75) is 39.3 Å². The maximum Gasteiger partial charge on any atom is 0.138 e. The summed E-state index contributed by atoms with van der Waals surface area (Å²) in [5.41, 5.74) is 2.37. The SMILES string of the molecule is Cc1noc(C)c1CN1CC2CN(C3CC3)CC2C1. The summed E-state index contributed by atoms with van der Waals surface area (Å²) in [7, 11) is 0. The van der Waals surface area contributed by atoms with Crippen LogP contribution in [0.5, 0.6) is 0 Å². The van der Waals surface area contributed by atoms with E-state index in [1.165, 1.54) is 44.6 Å². The van der Waals surface area contributed by atoms with Gasteiger partial charge in [0.05, 0.1) is 5.69 Å². The van der Waals surface area contributed by atoms with E-state index in [0.717, 1.165) is 35.9 Å². The van der Waals surface area contributed by atoms with Crippen molar-refractivity contribution in [1.82, 2.24) is 15.0 Å². The van der Waals surface area contributed by atoms with Gasteiger partial charge in [-0.2, -0.15) is 0 Å². The maximum atomic E-state index is 5.27. The van der Waals surface area contributed by atoms with Crippen LogP contribution in [0.2, 0.25) is 0 Å². The van der Waals surface area contributed by atoms with Crippen molar-refractivity contribution in [2.24, 2.45) is 11.8 Å².